The maximum absolute atomic E-state index is 13.1. The van der Waals surface area contributed by atoms with Crippen LogP contribution in [0.4, 0.5) is 4.79 Å². The minimum absolute atomic E-state index is 0.0503. The van der Waals surface area contributed by atoms with Gasteiger partial charge in [-0.3, -0.25) is 14.2 Å². The van der Waals surface area contributed by atoms with E-state index in [1.165, 1.54) is 4.57 Å². The van der Waals surface area contributed by atoms with Gasteiger partial charge < -0.3 is 29.0 Å². The number of piperazine rings is 1. The van der Waals surface area contributed by atoms with E-state index in [1.54, 1.807) is 28.9 Å². The number of hydrogen-bond acceptors (Lipinski definition) is 7. The molecule has 192 valence electrons. The number of aromatic amines is 1. The summed E-state index contributed by atoms with van der Waals surface area (Å²) in [6, 6.07) is 3.43. The Morgan fingerprint density at radius 2 is 1.57 bits per heavy atom. The molecule has 11 heteroatoms. The molecular formula is C24H34N4O6S. The second-order valence-electron chi connectivity index (χ2n) is 8.12. The fraction of sp³-hybridized carbons (Fsp3) is 0.583. The van der Waals surface area contributed by atoms with E-state index in [0.29, 0.717) is 99.0 Å². The third-order valence-corrected chi connectivity index (χ3v) is 6.15. The number of ether oxygens (including phenoxy) is 3. The summed E-state index contributed by atoms with van der Waals surface area (Å²) < 4.78 is 18.2. The van der Waals surface area contributed by atoms with E-state index in [4.69, 9.17) is 26.4 Å². The molecular weight excluding hydrogens is 472 g/mol. The number of hydrogen-bond donors (Lipinski definition) is 1. The van der Waals surface area contributed by atoms with E-state index in [2.05, 4.69) is 4.98 Å². The highest BCUT2D eigenvalue weighted by Gasteiger charge is 2.24. The van der Waals surface area contributed by atoms with Gasteiger partial charge in [-0.1, -0.05) is 0 Å². The molecule has 0 atom stereocenters. The maximum atomic E-state index is 13.1. The average molecular weight is 507 g/mol. The molecule has 3 rings (SSSR count). The predicted molar refractivity (Wildman–Crippen MR) is 135 cm³/mol. The number of carbonyl (C=O) groups is 2. The molecule has 1 aromatic carbocycles. The topological polar surface area (TPSA) is 106 Å². The van der Waals surface area contributed by atoms with Gasteiger partial charge in [0.2, 0.25) is 5.91 Å². The zero-order valence-electron chi connectivity index (χ0n) is 20.6. The molecule has 1 aliphatic rings. The molecule has 2 amide bonds. The van der Waals surface area contributed by atoms with Crippen LogP contribution in [0, 0.1) is 4.77 Å². The van der Waals surface area contributed by atoms with Gasteiger partial charge in [0, 0.05) is 45.2 Å². The van der Waals surface area contributed by atoms with Crippen molar-refractivity contribution in [3.8, 4) is 11.5 Å². The third kappa shape index (κ3) is 6.53. The molecule has 0 unspecified atom stereocenters. The van der Waals surface area contributed by atoms with Crippen LogP contribution in [0.2, 0.25) is 0 Å². The van der Waals surface area contributed by atoms with Gasteiger partial charge in [-0.2, -0.15) is 0 Å². The van der Waals surface area contributed by atoms with Crippen LogP contribution in [-0.4, -0.2) is 77.4 Å². The molecule has 35 heavy (non-hydrogen) atoms. The van der Waals surface area contributed by atoms with Gasteiger partial charge in [0.1, 0.15) is 0 Å². The number of nitrogens with zero attached hydrogens (tertiary/aromatic N) is 3. The van der Waals surface area contributed by atoms with E-state index >= 15 is 0 Å². The van der Waals surface area contributed by atoms with Crippen LogP contribution in [0.5, 0.6) is 11.5 Å². The molecule has 0 saturated carbocycles. The number of benzene rings is 1. The normalized spacial score (nSPS) is 13.7. The summed E-state index contributed by atoms with van der Waals surface area (Å²) in [5.74, 6) is 1.13. The van der Waals surface area contributed by atoms with Crippen molar-refractivity contribution in [1.82, 2.24) is 19.4 Å². The largest absolute Gasteiger partial charge is 0.490 e. The Balaban J connectivity index is 1.59. The quantitative estimate of drug-likeness (QED) is 0.389. The Labute approximate surface area is 209 Å². The predicted octanol–water partition coefficient (Wildman–Crippen LogP) is 3.33. The molecule has 0 aliphatic carbocycles. The van der Waals surface area contributed by atoms with Gasteiger partial charge in [-0.25, -0.2) is 4.79 Å². The Hall–Kier alpha value is -3.08. The second kappa shape index (κ2) is 12.6. The Morgan fingerprint density at radius 3 is 2.20 bits per heavy atom. The average Bonchev–Trinajstić information content (AvgIpc) is 2.84. The van der Waals surface area contributed by atoms with Crippen molar-refractivity contribution in [2.75, 3.05) is 46.0 Å². The van der Waals surface area contributed by atoms with Crippen LogP contribution in [0.1, 0.15) is 40.0 Å². The van der Waals surface area contributed by atoms with Crippen molar-refractivity contribution in [3.63, 3.8) is 0 Å². The molecule has 2 aromatic rings. The number of carbonyl (C=O) groups excluding carboxylic acids is 2. The van der Waals surface area contributed by atoms with Crippen LogP contribution in [0.25, 0.3) is 10.9 Å². The zero-order chi connectivity index (χ0) is 25.4. The highest BCUT2D eigenvalue weighted by Crippen LogP contribution is 2.30. The van der Waals surface area contributed by atoms with Crippen LogP contribution in [0.3, 0.4) is 0 Å². The SMILES string of the molecule is CCOC(=O)N1CCN(C(=O)CCCCn2c(=S)[nH]c3cc(OCC)c(OCC)cc3c2=O)CC1. The molecule has 1 aliphatic heterocycles. The van der Waals surface area contributed by atoms with Gasteiger partial charge in [0.05, 0.1) is 30.7 Å². The van der Waals surface area contributed by atoms with Gasteiger partial charge in [-0.05, 0) is 51.9 Å². The van der Waals surface area contributed by atoms with Gasteiger partial charge in [0.15, 0.2) is 16.3 Å². The van der Waals surface area contributed by atoms with E-state index in [1.807, 2.05) is 13.8 Å². The number of fused-ring (bicyclic) bond motifs is 1. The van der Waals surface area contributed by atoms with Crippen molar-refractivity contribution in [2.45, 2.75) is 46.6 Å². The molecule has 1 aromatic heterocycles. The molecule has 0 spiro atoms. The lowest BCUT2D eigenvalue weighted by molar-refractivity contribution is -0.132. The van der Waals surface area contributed by atoms with Gasteiger partial charge in [0.25, 0.3) is 5.56 Å². The second-order valence-corrected chi connectivity index (χ2v) is 8.51. The van der Waals surface area contributed by atoms with E-state index in [9.17, 15) is 14.4 Å². The van der Waals surface area contributed by atoms with E-state index < -0.39 is 0 Å². The number of H-pyrrole nitrogens is 1. The molecule has 1 fully saturated rings. The third-order valence-electron chi connectivity index (χ3n) is 5.83. The first-order chi connectivity index (χ1) is 16.9. The molecule has 2 heterocycles. The van der Waals surface area contributed by atoms with E-state index in [0.717, 1.165) is 0 Å². The fourth-order valence-corrected chi connectivity index (χ4v) is 4.34. The monoisotopic (exact) mass is 506 g/mol. The van der Waals surface area contributed by atoms with Crippen LogP contribution in [-0.2, 0) is 16.1 Å². The smallest absolute Gasteiger partial charge is 0.409 e. The first-order valence-electron chi connectivity index (χ1n) is 12.2. The summed E-state index contributed by atoms with van der Waals surface area (Å²) in [5, 5.41) is 0.473. The minimum atomic E-state index is -0.334. The Morgan fingerprint density at radius 1 is 0.943 bits per heavy atom. The first-order valence-corrected chi connectivity index (χ1v) is 12.6. The standard InChI is InChI=1S/C24H34N4O6S/c1-4-32-19-15-17-18(16-20(19)33-5-2)25-23(35)28(22(17)30)10-8-7-9-21(29)26-11-13-27(14-12-26)24(31)34-6-3/h15-16H,4-14H2,1-3H3,(H,25,35). The van der Waals surface area contributed by atoms with Crippen molar-refractivity contribution in [2.24, 2.45) is 0 Å². The summed E-state index contributed by atoms with van der Waals surface area (Å²) in [7, 11) is 0. The fourth-order valence-electron chi connectivity index (χ4n) is 4.06. The lowest BCUT2D eigenvalue weighted by Crippen LogP contribution is -2.50. The zero-order valence-corrected chi connectivity index (χ0v) is 21.4. The number of amides is 2. The molecule has 0 radical (unpaired) electrons. The van der Waals surface area contributed by atoms with Crippen LogP contribution >= 0.6 is 12.2 Å². The Kier molecular flexibility index (Phi) is 9.53. The van der Waals surface area contributed by atoms with Crippen LogP contribution < -0.4 is 15.0 Å². The molecule has 1 saturated heterocycles. The number of aromatic nitrogens is 2. The number of rotatable bonds is 10. The number of nitrogens with one attached hydrogen (secondary N) is 1. The van der Waals surface area contributed by atoms with Crippen molar-refractivity contribution in [3.05, 3.63) is 27.3 Å². The van der Waals surface area contributed by atoms with Gasteiger partial charge in [-0.15, -0.1) is 0 Å². The van der Waals surface area contributed by atoms with Crippen molar-refractivity contribution < 1.29 is 23.8 Å². The summed E-state index contributed by atoms with van der Waals surface area (Å²) >= 11 is 5.43. The Bertz CT molecular complexity index is 1150. The summed E-state index contributed by atoms with van der Waals surface area (Å²) in [6.45, 7) is 9.15. The summed E-state index contributed by atoms with van der Waals surface area (Å²) in [6.07, 6.45) is 1.31. The first kappa shape index (κ1) is 26.5. The molecule has 1 N–H and O–H groups in total. The number of unbranched alkanes of at least 4 members (excludes halogenated alkanes) is 1. The highest BCUT2D eigenvalue weighted by atomic mass is 32.1. The minimum Gasteiger partial charge on any atom is -0.490 e. The maximum Gasteiger partial charge on any atom is 0.409 e. The lowest BCUT2D eigenvalue weighted by atomic mass is 10.2. The highest BCUT2D eigenvalue weighted by molar-refractivity contribution is 7.71. The van der Waals surface area contributed by atoms with Crippen LogP contribution in [0.15, 0.2) is 16.9 Å². The lowest BCUT2D eigenvalue weighted by Gasteiger charge is -2.34. The molecule has 0 bridgehead atoms. The summed E-state index contributed by atoms with van der Waals surface area (Å²) in [5.41, 5.74) is 0.398. The summed E-state index contributed by atoms with van der Waals surface area (Å²) in [4.78, 5) is 44.0. The van der Waals surface area contributed by atoms with E-state index in [-0.39, 0.29) is 17.6 Å². The van der Waals surface area contributed by atoms with Crippen molar-refractivity contribution in [1.29, 1.82) is 0 Å². The van der Waals surface area contributed by atoms with Gasteiger partial charge >= 0.3 is 6.09 Å². The van der Waals surface area contributed by atoms with Crippen molar-refractivity contribution >= 4 is 35.1 Å². The molecule has 10 nitrogen and oxygen atoms in total.